The van der Waals surface area contributed by atoms with Crippen LogP contribution >= 0.6 is 0 Å². The Balaban J connectivity index is 2.72. The lowest BCUT2D eigenvalue weighted by molar-refractivity contribution is -0.150. The minimum atomic E-state index is -4.62. The van der Waals surface area contributed by atoms with Crippen LogP contribution in [-0.4, -0.2) is 102 Å². The molecule has 0 aliphatic carbocycles. The van der Waals surface area contributed by atoms with Crippen LogP contribution in [0.5, 0.6) is 0 Å². The van der Waals surface area contributed by atoms with Crippen LogP contribution in [0.25, 0.3) is 0 Å². The number of allylic oxidation sites excluding steroid dienone is 1. The Morgan fingerprint density at radius 3 is 2.00 bits per heavy atom. The second kappa shape index (κ2) is 23.3. The molecule has 1 aromatic carbocycles. The third kappa shape index (κ3) is 19.6. The molecular formula is C38H60N6O12S. The number of hydrogen-bond acceptors (Lipinski definition) is 10. The monoisotopic (exact) mass is 824 g/mol. The van der Waals surface area contributed by atoms with Gasteiger partial charge in [-0.15, -0.1) is 6.58 Å². The molecule has 0 saturated carbocycles. The van der Waals surface area contributed by atoms with Gasteiger partial charge in [0.1, 0.15) is 18.1 Å². The summed E-state index contributed by atoms with van der Waals surface area (Å²) in [6, 6.07) is 2.57. The van der Waals surface area contributed by atoms with Crippen LogP contribution in [0.1, 0.15) is 103 Å². The van der Waals surface area contributed by atoms with Crippen molar-refractivity contribution in [2.75, 3.05) is 24.2 Å². The van der Waals surface area contributed by atoms with E-state index in [0.717, 1.165) is 25.1 Å². The number of carbonyl (C=O) groups is 7. The Hall–Kier alpha value is -5.04. The molecule has 10 N–H and O–H groups in total. The van der Waals surface area contributed by atoms with E-state index in [1.165, 1.54) is 27.7 Å². The van der Waals surface area contributed by atoms with Crippen LogP contribution in [0.3, 0.4) is 0 Å². The normalized spacial score (nSPS) is 13.9. The van der Waals surface area contributed by atoms with Crippen LogP contribution in [0.15, 0.2) is 36.9 Å². The van der Waals surface area contributed by atoms with Crippen molar-refractivity contribution in [2.24, 2.45) is 22.5 Å². The number of anilines is 1. The van der Waals surface area contributed by atoms with Crippen molar-refractivity contribution in [2.45, 2.75) is 111 Å². The number of carboxylic acids is 2. The van der Waals surface area contributed by atoms with Gasteiger partial charge in [-0.3, -0.25) is 33.3 Å². The number of carboxylic acid groups (broad SMARTS) is 2. The summed E-state index contributed by atoms with van der Waals surface area (Å²) in [6.45, 7) is 12.6. The molecule has 1 rings (SSSR count). The zero-order valence-electron chi connectivity index (χ0n) is 33.4. The molecule has 0 spiro atoms. The van der Waals surface area contributed by atoms with Gasteiger partial charge in [0, 0.05) is 36.2 Å². The highest BCUT2D eigenvalue weighted by atomic mass is 32.2. The highest BCUT2D eigenvalue weighted by Crippen LogP contribution is 2.34. The molecule has 4 unspecified atom stereocenters. The molecule has 19 heteroatoms. The summed E-state index contributed by atoms with van der Waals surface area (Å²) in [7, 11) is -4.62. The number of rotatable bonds is 28. The zero-order valence-corrected chi connectivity index (χ0v) is 34.2. The van der Waals surface area contributed by atoms with Gasteiger partial charge < -0.3 is 42.5 Å². The third-order valence-corrected chi connectivity index (χ3v) is 9.96. The number of carbonyl (C=O) groups excluding carboxylic acids is 5. The Morgan fingerprint density at radius 1 is 0.825 bits per heavy atom. The van der Waals surface area contributed by atoms with E-state index in [1.807, 2.05) is 18.2 Å². The number of amides is 5. The second-order valence-electron chi connectivity index (χ2n) is 15.5. The summed E-state index contributed by atoms with van der Waals surface area (Å²) in [5.41, 5.74) is 4.09. The fraction of sp³-hybridized carbons (Fsp3) is 0.605. The minimum absolute atomic E-state index is 0.122. The van der Waals surface area contributed by atoms with Crippen molar-refractivity contribution in [1.82, 2.24) is 21.3 Å². The number of aliphatic carboxylic acids is 2. The van der Waals surface area contributed by atoms with Crippen molar-refractivity contribution in [3.8, 4) is 0 Å². The van der Waals surface area contributed by atoms with E-state index in [0.29, 0.717) is 24.3 Å². The summed E-state index contributed by atoms with van der Waals surface area (Å²) in [4.78, 5) is 87.3. The van der Waals surface area contributed by atoms with Crippen molar-refractivity contribution < 1.29 is 56.7 Å². The first-order valence-electron chi connectivity index (χ1n) is 18.7. The number of primary amides is 1. The highest BCUT2D eigenvalue weighted by Gasteiger charge is 2.40. The fourth-order valence-corrected chi connectivity index (χ4v) is 6.42. The second-order valence-corrected chi connectivity index (χ2v) is 17.1. The van der Waals surface area contributed by atoms with Crippen LogP contribution in [0, 0.1) is 16.7 Å². The van der Waals surface area contributed by atoms with Crippen molar-refractivity contribution in [3.63, 3.8) is 0 Å². The fourth-order valence-electron chi connectivity index (χ4n) is 5.89. The summed E-state index contributed by atoms with van der Waals surface area (Å²) in [6.07, 6.45) is 2.96. The topological polar surface area (TPSA) is 300 Å². The first kappa shape index (κ1) is 50.0. The van der Waals surface area contributed by atoms with E-state index >= 15 is 0 Å². The number of unbranched alkanes of at least 4 members (excludes halogenated alkanes) is 1. The molecule has 0 fully saturated rings. The van der Waals surface area contributed by atoms with E-state index in [1.54, 1.807) is 12.1 Å². The smallest absolute Gasteiger partial charge is 0.326 e. The maximum Gasteiger partial charge on any atom is 0.326 e. The van der Waals surface area contributed by atoms with Crippen LogP contribution in [0.4, 0.5) is 5.69 Å². The van der Waals surface area contributed by atoms with Gasteiger partial charge in [-0.05, 0) is 95.4 Å². The molecule has 320 valence electrons. The van der Waals surface area contributed by atoms with Gasteiger partial charge in [0.05, 0.1) is 11.2 Å². The lowest BCUT2D eigenvalue weighted by atomic mass is 9.74. The Bertz CT molecular complexity index is 1680. The molecule has 0 aliphatic heterocycles. The van der Waals surface area contributed by atoms with E-state index in [2.05, 4.69) is 40.1 Å². The molecule has 0 radical (unpaired) electrons. The van der Waals surface area contributed by atoms with Crippen LogP contribution < -0.4 is 32.3 Å². The maximum atomic E-state index is 13.2. The summed E-state index contributed by atoms with van der Waals surface area (Å²) >= 11 is 0. The molecule has 1 aromatic rings. The Kier molecular flexibility index (Phi) is 20.4. The van der Waals surface area contributed by atoms with Gasteiger partial charge in [-0.1, -0.05) is 26.8 Å². The van der Waals surface area contributed by atoms with Gasteiger partial charge in [-0.25, -0.2) is 4.79 Å². The van der Waals surface area contributed by atoms with E-state index in [4.69, 9.17) is 5.73 Å². The summed E-state index contributed by atoms with van der Waals surface area (Å²) < 4.78 is 32.1. The van der Waals surface area contributed by atoms with Crippen LogP contribution in [-0.2, 0) is 38.9 Å². The third-order valence-electron chi connectivity index (χ3n) is 9.20. The molecule has 0 heterocycles. The van der Waals surface area contributed by atoms with E-state index in [-0.39, 0.29) is 25.3 Å². The van der Waals surface area contributed by atoms with Gasteiger partial charge >= 0.3 is 11.9 Å². The van der Waals surface area contributed by atoms with Crippen molar-refractivity contribution >= 4 is 57.3 Å². The Labute approximate surface area is 334 Å². The van der Waals surface area contributed by atoms with Gasteiger partial charge in [0.15, 0.2) is 0 Å². The number of hydrogen-bond donors (Lipinski definition) is 9. The SMILES string of the molecule is C=CCC(C)CCNc1ccc(C(=O)NCCCCC(NC(=O)CCC(NC(=O)C(CCS(=O)(=O)O)NC(=O)C(C)(C)CC(C)(C)C(=O)O)C(=O)O)C(N)=O)cc1. The van der Waals surface area contributed by atoms with Gasteiger partial charge in [0.2, 0.25) is 23.6 Å². The molecule has 0 saturated heterocycles. The lowest BCUT2D eigenvalue weighted by Crippen LogP contribution is -2.55. The van der Waals surface area contributed by atoms with Crippen molar-refractivity contribution in [3.05, 3.63) is 42.5 Å². The average Bonchev–Trinajstić information content (AvgIpc) is 3.10. The zero-order chi connectivity index (χ0) is 43.6. The summed E-state index contributed by atoms with van der Waals surface area (Å²) in [5.74, 6) is -7.06. The van der Waals surface area contributed by atoms with Crippen LogP contribution in [0.2, 0.25) is 0 Å². The minimum Gasteiger partial charge on any atom is -0.481 e. The molecule has 0 aromatic heterocycles. The molecule has 57 heavy (non-hydrogen) atoms. The molecule has 5 amide bonds. The molecule has 0 bridgehead atoms. The predicted octanol–water partition coefficient (Wildman–Crippen LogP) is 2.21. The largest absolute Gasteiger partial charge is 0.481 e. The molecule has 4 atom stereocenters. The van der Waals surface area contributed by atoms with E-state index < -0.39 is 99.7 Å². The lowest BCUT2D eigenvalue weighted by Gasteiger charge is -2.32. The maximum absolute atomic E-state index is 13.2. The number of nitrogens with two attached hydrogens (primary N) is 1. The highest BCUT2D eigenvalue weighted by molar-refractivity contribution is 7.85. The molecule has 18 nitrogen and oxygen atoms in total. The quantitative estimate of drug-likeness (QED) is 0.0333. The first-order valence-corrected chi connectivity index (χ1v) is 20.3. The Morgan fingerprint density at radius 2 is 1.46 bits per heavy atom. The number of benzene rings is 1. The van der Waals surface area contributed by atoms with Gasteiger partial charge in [0.25, 0.3) is 16.0 Å². The average molecular weight is 825 g/mol. The summed E-state index contributed by atoms with van der Waals surface area (Å²) in [5, 5.41) is 32.3. The standard InChI is InChI=1S/C38H60N6O12S/c1-7-10-24(2)18-21-40-26-14-12-25(13-15-26)32(47)41-20-9-8-11-27(31(39)46)42-30(45)17-16-29(34(49)50)43-33(48)28(19-22-57(54,55)56)44-35(51)37(3,4)23-38(5,6)36(52)53/h7,12-15,24,27-29,40H,1,8-11,16-23H2,2-6H3,(H2,39,46)(H,41,47)(H,42,45)(H,43,48)(H,44,51)(H,49,50)(H,52,53)(H,54,55,56). The number of nitrogens with one attached hydrogen (secondary N) is 5. The van der Waals surface area contributed by atoms with Crippen molar-refractivity contribution in [1.29, 1.82) is 0 Å². The molecule has 0 aliphatic rings. The predicted molar refractivity (Wildman–Crippen MR) is 212 cm³/mol. The molecular weight excluding hydrogens is 765 g/mol. The van der Waals surface area contributed by atoms with E-state index in [9.17, 15) is 56.7 Å². The van der Waals surface area contributed by atoms with Gasteiger partial charge in [-0.2, -0.15) is 8.42 Å². The first-order chi connectivity index (χ1) is 26.4.